The Hall–Kier alpha value is -1.03. The molecule has 0 spiro atoms. The lowest BCUT2D eigenvalue weighted by Crippen LogP contribution is -2.07. The third kappa shape index (κ3) is 2.59. The number of hydrogen-bond acceptors (Lipinski definition) is 3. The summed E-state index contributed by atoms with van der Waals surface area (Å²) in [5.41, 5.74) is 5.39. The zero-order chi connectivity index (χ0) is 8.27. The molecule has 11 heavy (non-hydrogen) atoms. The molecule has 3 N–H and O–H groups in total. The monoisotopic (exact) mass is 155 g/mol. The number of nitrogen functional groups attached to an aromatic ring is 1. The van der Waals surface area contributed by atoms with Gasteiger partial charge in [0.05, 0.1) is 6.10 Å². The van der Waals surface area contributed by atoms with E-state index in [2.05, 4.69) is 5.10 Å². The first kappa shape index (κ1) is 8.07. The maximum atomic E-state index is 8.95. The van der Waals surface area contributed by atoms with Gasteiger partial charge in [0.25, 0.3) is 0 Å². The molecule has 1 aromatic heterocycles. The number of nitrogens with two attached hydrogens (primary N) is 1. The van der Waals surface area contributed by atoms with Crippen molar-refractivity contribution in [1.29, 1.82) is 0 Å². The minimum Gasteiger partial charge on any atom is -0.393 e. The third-order valence-corrected chi connectivity index (χ3v) is 1.44. The fourth-order valence-electron chi connectivity index (χ4n) is 0.821. The highest BCUT2D eigenvalue weighted by molar-refractivity contribution is 5.23. The van der Waals surface area contributed by atoms with E-state index in [0.717, 1.165) is 6.54 Å². The van der Waals surface area contributed by atoms with Gasteiger partial charge < -0.3 is 10.8 Å². The van der Waals surface area contributed by atoms with Crippen LogP contribution in [-0.4, -0.2) is 21.0 Å². The van der Waals surface area contributed by atoms with Gasteiger partial charge in [-0.2, -0.15) is 5.10 Å². The van der Waals surface area contributed by atoms with Crippen molar-refractivity contribution < 1.29 is 5.11 Å². The molecule has 1 unspecified atom stereocenters. The van der Waals surface area contributed by atoms with E-state index in [1.807, 2.05) is 0 Å². The highest BCUT2D eigenvalue weighted by Crippen LogP contribution is 1.98. The summed E-state index contributed by atoms with van der Waals surface area (Å²) >= 11 is 0. The minimum absolute atomic E-state index is 0.277. The standard InChI is InChI=1S/C7H13N3O/c1-6(11)2-4-10-5-3-7(8)9-10/h3,5-6,11H,2,4H2,1H3,(H2,8,9). The number of aromatic nitrogens is 2. The van der Waals surface area contributed by atoms with Crippen LogP contribution in [-0.2, 0) is 6.54 Å². The van der Waals surface area contributed by atoms with E-state index in [0.29, 0.717) is 12.2 Å². The molecule has 0 aliphatic carbocycles. The number of aryl methyl sites for hydroxylation is 1. The first-order valence-electron chi connectivity index (χ1n) is 3.65. The van der Waals surface area contributed by atoms with Crippen molar-refractivity contribution in [2.75, 3.05) is 5.73 Å². The lowest BCUT2D eigenvalue weighted by Gasteiger charge is -2.02. The van der Waals surface area contributed by atoms with Crippen LogP contribution in [0.2, 0.25) is 0 Å². The predicted molar refractivity (Wildman–Crippen MR) is 42.9 cm³/mol. The molecule has 0 bridgehead atoms. The molecule has 1 rings (SSSR count). The average Bonchev–Trinajstić information content (AvgIpc) is 2.31. The number of nitrogens with zero attached hydrogens (tertiary/aromatic N) is 2. The van der Waals surface area contributed by atoms with Gasteiger partial charge in [0.15, 0.2) is 0 Å². The van der Waals surface area contributed by atoms with Gasteiger partial charge in [0.2, 0.25) is 0 Å². The van der Waals surface area contributed by atoms with Crippen molar-refractivity contribution in [3.8, 4) is 0 Å². The van der Waals surface area contributed by atoms with Crippen molar-refractivity contribution in [3.05, 3.63) is 12.3 Å². The van der Waals surface area contributed by atoms with Crippen LogP contribution in [0.4, 0.5) is 5.82 Å². The third-order valence-electron chi connectivity index (χ3n) is 1.44. The van der Waals surface area contributed by atoms with E-state index in [4.69, 9.17) is 10.8 Å². The van der Waals surface area contributed by atoms with E-state index >= 15 is 0 Å². The summed E-state index contributed by atoms with van der Waals surface area (Å²) in [6.07, 6.45) is 2.24. The molecule has 0 aliphatic rings. The summed E-state index contributed by atoms with van der Waals surface area (Å²) in [7, 11) is 0. The van der Waals surface area contributed by atoms with Gasteiger partial charge in [-0.25, -0.2) is 0 Å². The van der Waals surface area contributed by atoms with Gasteiger partial charge in [-0.15, -0.1) is 0 Å². The largest absolute Gasteiger partial charge is 0.393 e. The van der Waals surface area contributed by atoms with Gasteiger partial charge in [0.1, 0.15) is 5.82 Å². The normalized spacial score (nSPS) is 13.3. The Morgan fingerprint density at radius 2 is 2.55 bits per heavy atom. The number of aliphatic hydroxyl groups excluding tert-OH is 1. The molecule has 0 aromatic carbocycles. The van der Waals surface area contributed by atoms with E-state index in [1.165, 1.54) is 0 Å². The van der Waals surface area contributed by atoms with Crippen LogP contribution < -0.4 is 5.73 Å². The van der Waals surface area contributed by atoms with E-state index < -0.39 is 0 Å². The molecule has 62 valence electrons. The van der Waals surface area contributed by atoms with Crippen molar-refractivity contribution in [2.45, 2.75) is 26.0 Å². The second kappa shape index (κ2) is 3.39. The van der Waals surface area contributed by atoms with Crippen LogP contribution in [0.25, 0.3) is 0 Å². The fourth-order valence-corrected chi connectivity index (χ4v) is 0.821. The van der Waals surface area contributed by atoms with Crippen molar-refractivity contribution in [2.24, 2.45) is 0 Å². The van der Waals surface area contributed by atoms with Crippen molar-refractivity contribution in [3.63, 3.8) is 0 Å². The summed E-state index contributed by atoms with van der Waals surface area (Å²) in [5.74, 6) is 0.524. The number of aliphatic hydroxyl groups is 1. The van der Waals surface area contributed by atoms with Crippen molar-refractivity contribution >= 4 is 5.82 Å². The lowest BCUT2D eigenvalue weighted by molar-refractivity contribution is 0.176. The summed E-state index contributed by atoms with van der Waals surface area (Å²) in [5, 5.41) is 12.9. The van der Waals surface area contributed by atoms with Crippen LogP contribution in [0.5, 0.6) is 0 Å². The SMILES string of the molecule is CC(O)CCn1ccc(N)n1. The van der Waals surface area contributed by atoms with Crippen LogP contribution in [0.1, 0.15) is 13.3 Å². The molecular formula is C7H13N3O. The molecular weight excluding hydrogens is 142 g/mol. The summed E-state index contributed by atoms with van der Waals surface area (Å²) < 4.78 is 1.72. The first-order valence-corrected chi connectivity index (χ1v) is 3.65. The van der Waals surface area contributed by atoms with Crippen LogP contribution >= 0.6 is 0 Å². The second-order valence-electron chi connectivity index (χ2n) is 2.64. The minimum atomic E-state index is -0.277. The predicted octanol–water partition coefficient (Wildman–Crippen LogP) is 0.236. The zero-order valence-corrected chi connectivity index (χ0v) is 6.57. The van der Waals surface area contributed by atoms with Crippen LogP contribution in [0.15, 0.2) is 12.3 Å². The topological polar surface area (TPSA) is 64.1 Å². The van der Waals surface area contributed by atoms with E-state index in [9.17, 15) is 0 Å². The maximum Gasteiger partial charge on any atom is 0.145 e. The molecule has 1 atom stereocenters. The number of hydrogen-bond donors (Lipinski definition) is 2. The number of rotatable bonds is 3. The van der Waals surface area contributed by atoms with Gasteiger partial charge in [-0.05, 0) is 19.4 Å². The van der Waals surface area contributed by atoms with Crippen LogP contribution in [0.3, 0.4) is 0 Å². The first-order chi connectivity index (χ1) is 5.18. The summed E-state index contributed by atoms with van der Waals surface area (Å²) in [6, 6.07) is 1.74. The smallest absolute Gasteiger partial charge is 0.145 e. The zero-order valence-electron chi connectivity index (χ0n) is 6.57. The molecule has 0 radical (unpaired) electrons. The van der Waals surface area contributed by atoms with Gasteiger partial charge in [0, 0.05) is 12.7 Å². The number of anilines is 1. The molecule has 1 heterocycles. The second-order valence-corrected chi connectivity index (χ2v) is 2.64. The highest BCUT2D eigenvalue weighted by atomic mass is 16.3. The summed E-state index contributed by atoms with van der Waals surface area (Å²) in [6.45, 7) is 2.47. The van der Waals surface area contributed by atoms with Gasteiger partial charge in [-0.3, -0.25) is 4.68 Å². The molecule has 0 aliphatic heterocycles. The molecule has 0 saturated carbocycles. The molecule has 0 fully saturated rings. The molecule has 1 aromatic rings. The van der Waals surface area contributed by atoms with Crippen LogP contribution in [0, 0.1) is 0 Å². The summed E-state index contributed by atoms with van der Waals surface area (Å²) in [4.78, 5) is 0. The quantitative estimate of drug-likeness (QED) is 0.657. The Morgan fingerprint density at radius 1 is 1.82 bits per heavy atom. The Kier molecular flexibility index (Phi) is 2.48. The Labute approximate surface area is 65.6 Å². The molecule has 4 heteroatoms. The Bertz CT molecular complexity index is 219. The molecule has 0 saturated heterocycles. The Morgan fingerprint density at radius 3 is 3.00 bits per heavy atom. The fraction of sp³-hybridized carbons (Fsp3) is 0.571. The Balaban J connectivity index is 2.39. The highest BCUT2D eigenvalue weighted by Gasteiger charge is 1.97. The molecule has 4 nitrogen and oxygen atoms in total. The lowest BCUT2D eigenvalue weighted by atomic mass is 10.3. The van der Waals surface area contributed by atoms with Gasteiger partial charge >= 0.3 is 0 Å². The van der Waals surface area contributed by atoms with E-state index in [-0.39, 0.29) is 6.10 Å². The average molecular weight is 155 g/mol. The van der Waals surface area contributed by atoms with Crippen molar-refractivity contribution in [1.82, 2.24) is 9.78 Å². The van der Waals surface area contributed by atoms with E-state index in [1.54, 1.807) is 23.9 Å². The van der Waals surface area contributed by atoms with Gasteiger partial charge in [-0.1, -0.05) is 0 Å². The molecule has 0 amide bonds. The maximum absolute atomic E-state index is 8.95.